The first-order valence-electron chi connectivity index (χ1n) is 6.68. The number of allylic oxidation sites excluding steroid dienone is 2. The second kappa shape index (κ2) is 5.83. The van der Waals surface area contributed by atoms with Crippen molar-refractivity contribution in [2.24, 2.45) is 17.8 Å². The van der Waals surface area contributed by atoms with E-state index in [9.17, 15) is 0 Å². The van der Waals surface area contributed by atoms with Crippen molar-refractivity contribution >= 4 is 0 Å². The summed E-state index contributed by atoms with van der Waals surface area (Å²) in [6.07, 6.45) is 8.28. The van der Waals surface area contributed by atoms with Crippen LogP contribution in [0, 0.1) is 17.8 Å². The topological polar surface area (TPSA) is 29.5 Å². The molecule has 2 fully saturated rings. The van der Waals surface area contributed by atoms with Crippen molar-refractivity contribution in [1.82, 2.24) is 0 Å². The average Bonchev–Trinajstić information content (AvgIpc) is 2.87. The SMILES string of the molecule is CC=C1CC2CC1CC2COCCCCO. The Morgan fingerprint density at radius 2 is 2.25 bits per heavy atom. The molecule has 0 radical (unpaired) electrons. The summed E-state index contributed by atoms with van der Waals surface area (Å²) in [7, 11) is 0. The Morgan fingerprint density at radius 1 is 1.38 bits per heavy atom. The van der Waals surface area contributed by atoms with E-state index in [0.29, 0.717) is 6.61 Å². The molecule has 0 amide bonds. The van der Waals surface area contributed by atoms with Gasteiger partial charge in [-0.2, -0.15) is 0 Å². The summed E-state index contributed by atoms with van der Waals surface area (Å²) in [6, 6.07) is 0. The summed E-state index contributed by atoms with van der Waals surface area (Å²) >= 11 is 0. The van der Waals surface area contributed by atoms with Crippen molar-refractivity contribution in [3.8, 4) is 0 Å². The predicted molar refractivity (Wildman–Crippen MR) is 65.2 cm³/mol. The highest BCUT2D eigenvalue weighted by atomic mass is 16.5. The van der Waals surface area contributed by atoms with Gasteiger partial charge in [0.15, 0.2) is 0 Å². The van der Waals surface area contributed by atoms with E-state index in [1.807, 2.05) is 0 Å². The van der Waals surface area contributed by atoms with E-state index in [1.165, 1.54) is 19.3 Å². The summed E-state index contributed by atoms with van der Waals surface area (Å²) < 4.78 is 5.71. The number of ether oxygens (including phenoxy) is 1. The molecular weight excluding hydrogens is 200 g/mol. The molecule has 2 aliphatic carbocycles. The Balaban J connectivity index is 1.63. The zero-order chi connectivity index (χ0) is 11.4. The number of fused-ring (bicyclic) bond motifs is 2. The van der Waals surface area contributed by atoms with Gasteiger partial charge in [-0.3, -0.25) is 0 Å². The first-order valence-corrected chi connectivity index (χ1v) is 6.68. The van der Waals surface area contributed by atoms with Gasteiger partial charge in [0.1, 0.15) is 0 Å². The van der Waals surface area contributed by atoms with Gasteiger partial charge in [0.05, 0.1) is 0 Å². The molecule has 0 aromatic rings. The van der Waals surface area contributed by atoms with Gasteiger partial charge in [-0.05, 0) is 56.8 Å². The average molecular weight is 224 g/mol. The molecule has 0 aromatic carbocycles. The normalized spacial score (nSPS) is 35.1. The Bertz CT molecular complexity index is 247. The molecule has 2 nitrogen and oxygen atoms in total. The molecule has 0 saturated heterocycles. The highest BCUT2D eigenvalue weighted by Gasteiger charge is 2.41. The third-order valence-corrected chi connectivity index (χ3v) is 4.26. The summed E-state index contributed by atoms with van der Waals surface area (Å²) in [6.45, 7) is 4.24. The molecule has 2 saturated carbocycles. The monoisotopic (exact) mass is 224 g/mol. The van der Waals surface area contributed by atoms with Crippen LogP contribution in [0.2, 0.25) is 0 Å². The number of rotatable bonds is 6. The number of unbranched alkanes of at least 4 members (excludes halogenated alkanes) is 1. The van der Waals surface area contributed by atoms with E-state index in [4.69, 9.17) is 9.84 Å². The molecule has 0 heterocycles. The van der Waals surface area contributed by atoms with E-state index >= 15 is 0 Å². The highest BCUT2D eigenvalue weighted by Crippen LogP contribution is 2.51. The Labute approximate surface area is 98.7 Å². The molecule has 3 unspecified atom stereocenters. The summed E-state index contributed by atoms with van der Waals surface area (Å²) in [5.74, 6) is 2.58. The molecule has 2 aliphatic rings. The van der Waals surface area contributed by atoms with Crippen LogP contribution in [0.5, 0.6) is 0 Å². The second-order valence-electron chi connectivity index (χ2n) is 5.26. The van der Waals surface area contributed by atoms with Crippen molar-refractivity contribution in [1.29, 1.82) is 0 Å². The van der Waals surface area contributed by atoms with Crippen LogP contribution in [-0.4, -0.2) is 24.9 Å². The fourth-order valence-electron chi connectivity index (χ4n) is 3.34. The fourth-order valence-corrected chi connectivity index (χ4v) is 3.34. The quantitative estimate of drug-likeness (QED) is 0.555. The molecule has 0 aromatic heterocycles. The lowest BCUT2D eigenvalue weighted by Crippen LogP contribution is -2.18. The number of hydrogen-bond acceptors (Lipinski definition) is 2. The minimum atomic E-state index is 0.294. The van der Waals surface area contributed by atoms with Gasteiger partial charge in [-0.25, -0.2) is 0 Å². The van der Waals surface area contributed by atoms with E-state index in [2.05, 4.69) is 13.0 Å². The van der Waals surface area contributed by atoms with Crippen molar-refractivity contribution in [2.45, 2.75) is 39.0 Å². The maximum atomic E-state index is 8.66. The van der Waals surface area contributed by atoms with Gasteiger partial charge in [-0.15, -0.1) is 0 Å². The first-order chi connectivity index (χ1) is 7.85. The highest BCUT2D eigenvalue weighted by molar-refractivity contribution is 5.17. The maximum Gasteiger partial charge on any atom is 0.0497 e. The second-order valence-corrected chi connectivity index (χ2v) is 5.26. The third-order valence-electron chi connectivity index (χ3n) is 4.26. The predicted octanol–water partition coefficient (Wildman–Crippen LogP) is 2.77. The molecule has 16 heavy (non-hydrogen) atoms. The molecule has 3 atom stereocenters. The number of aliphatic hydroxyl groups excluding tert-OH is 1. The Kier molecular flexibility index (Phi) is 4.42. The maximum absolute atomic E-state index is 8.66. The lowest BCUT2D eigenvalue weighted by atomic mass is 9.86. The zero-order valence-corrected chi connectivity index (χ0v) is 10.3. The lowest BCUT2D eigenvalue weighted by molar-refractivity contribution is 0.0774. The molecule has 0 aliphatic heterocycles. The van der Waals surface area contributed by atoms with Crippen LogP contribution in [0.25, 0.3) is 0 Å². The van der Waals surface area contributed by atoms with Gasteiger partial charge in [0, 0.05) is 19.8 Å². The fraction of sp³-hybridized carbons (Fsp3) is 0.857. The largest absolute Gasteiger partial charge is 0.396 e. The lowest BCUT2D eigenvalue weighted by Gasteiger charge is -2.23. The van der Waals surface area contributed by atoms with Gasteiger partial charge in [0.2, 0.25) is 0 Å². The van der Waals surface area contributed by atoms with E-state index in [0.717, 1.165) is 43.8 Å². The number of hydrogen-bond donors (Lipinski definition) is 1. The molecule has 2 rings (SSSR count). The van der Waals surface area contributed by atoms with Crippen LogP contribution in [0.1, 0.15) is 39.0 Å². The minimum absolute atomic E-state index is 0.294. The zero-order valence-electron chi connectivity index (χ0n) is 10.3. The molecule has 2 bridgehead atoms. The molecule has 92 valence electrons. The summed E-state index contributed by atoms with van der Waals surface area (Å²) in [4.78, 5) is 0. The molecule has 2 heteroatoms. The van der Waals surface area contributed by atoms with Crippen molar-refractivity contribution < 1.29 is 9.84 Å². The molecule has 0 spiro atoms. The van der Waals surface area contributed by atoms with Crippen LogP contribution < -0.4 is 0 Å². The van der Waals surface area contributed by atoms with Crippen LogP contribution in [-0.2, 0) is 4.74 Å². The summed E-state index contributed by atoms with van der Waals surface area (Å²) in [5.41, 5.74) is 1.70. The van der Waals surface area contributed by atoms with Crippen molar-refractivity contribution in [3.63, 3.8) is 0 Å². The van der Waals surface area contributed by atoms with Gasteiger partial charge >= 0.3 is 0 Å². The number of aliphatic hydroxyl groups is 1. The van der Waals surface area contributed by atoms with Crippen LogP contribution >= 0.6 is 0 Å². The first kappa shape index (κ1) is 12.1. The van der Waals surface area contributed by atoms with Gasteiger partial charge in [-0.1, -0.05) is 11.6 Å². The van der Waals surface area contributed by atoms with E-state index in [1.54, 1.807) is 5.57 Å². The molecular formula is C14H24O2. The van der Waals surface area contributed by atoms with E-state index in [-0.39, 0.29) is 0 Å². The van der Waals surface area contributed by atoms with Crippen molar-refractivity contribution in [2.75, 3.05) is 19.8 Å². The third kappa shape index (κ3) is 2.67. The van der Waals surface area contributed by atoms with E-state index < -0.39 is 0 Å². The Morgan fingerprint density at radius 3 is 2.88 bits per heavy atom. The van der Waals surface area contributed by atoms with Crippen LogP contribution in [0.3, 0.4) is 0 Å². The van der Waals surface area contributed by atoms with Gasteiger partial charge < -0.3 is 9.84 Å². The van der Waals surface area contributed by atoms with Crippen molar-refractivity contribution in [3.05, 3.63) is 11.6 Å². The van der Waals surface area contributed by atoms with Gasteiger partial charge in [0.25, 0.3) is 0 Å². The summed E-state index contributed by atoms with van der Waals surface area (Å²) in [5, 5.41) is 8.66. The Hall–Kier alpha value is -0.340. The smallest absolute Gasteiger partial charge is 0.0497 e. The molecule has 1 N–H and O–H groups in total. The standard InChI is InChI=1S/C14H24O2/c1-2-11-7-13-8-12(11)9-14(13)10-16-6-4-3-5-15/h2,12-15H,3-10H2,1H3. The minimum Gasteiger partial charge on any atom is -0.396 e. The van der Waals surface area contributed by atoms with Crippen LogP contribution in [0.15, 0.2) is 11.6 Å². The van der Waals surface area contributed by atoms with Crippen LogP contribution in [0.4, 0.5) is 0 Å².